The Bertz CT molecular complexity index is 520. The van der Waals surface area contributed by atoms with Crippen molar-refractivity contribution < 1.29 is 4.79 Å². The molecular formula is C12H16N6O. The molecule has 0 atom stereocenters. The zero-order valence-electron chi connectivity index (χ0n) is 10.9. The highest BCUT2D eigenvalue weighted by Gasteiger charge is 2.34. The fourth-order valence-corrected chi connectivity index (χ4v) is 1.95. The Kier molecular flexibility index (Phi) is 3.84. The molecule has 2 aromatic rings. The third-order valence-corrected chi connectivity index (χ3v) is 3.26. The number of hydrogen-bond donors (Lipinski definition) is 2. The standard InChI is InChI=1S/C12H16N6O/c1-3-12(4-2,11-15-17-18-16-11)14-10(19)9-6-5-7-13-8-9/h5-8H,3-4H2,1-2H3,(H,14,19)(H,15,16,17,18). The zero-order chi connectivity index (χ0) is 13.7. The van der Waals surface area contributed by atoms with Crippen LogP contribution in [0.4, 0.5) is 0 Å². The van der Waals surface area contributed by atoms with Crippen LogP contribution in [0.3, 0.4) is 0 Å². The summed E-state index contributed by atoms with van der Waals surface area (Å²) < 4.78 is 0. The van der Waals surface area contributed by atoms with Crippen LogP contribution in [0.5, 0.6) is 0 Å². The first-order chi connectivity index (χ1) is 9.22. The molecule has 19 heavy (non-hydrogen) atoms. The molecule has 0 bridgehead atoms. The number of pyridine rings is 1. The topological polar surface area (TPSA) is 96.5 Å². The van der Waals surface area contributed by atoms with E-state index in [-0.39, 0.29) is 5.91 Å². The van der Waals surface area contributed by atoms with Gasteiger partial charge in [0.25, 0.3) is 5.91 Å². The lowest BCUT2D eigenvalue weighted by atomic mass is 9.91. The van der Waals surface area contributed by atoms with E-state index in [1.807, 2.05) is 13.8 Å². The van der Waals surface area contributed by atoms with Crippen LogP contribution >= 0.6 is 0 Å². The van der Waals surface area contributed by atoms with E-state index in [1.165, 1.54) is 6.20 Å². The van der Waals surface area contributed by atoms with Gasteiger partial charge in [-0.25, -0.2) is 0 Å². The monoisotopic (exact) mass is 260 g/mol. The molecule has 0 spiro atoms. The molecule has 0 fully saturated rings. The summed E-state index contributed by atoms with van der Waals surface area (Å²) in [7, 11) is 0. The molecule has 0 aliphatic rings. The molecule has 0 saturated heterocycles. The molecule has 0 radical (unpaired) electrons. The van der Waals surface area contributed by atoms with Crippen molar-refractivity contribution in [1.29, 1.82) is 0 Å². The van der Waals surface area contributed by atoms with Gasteiger partial charge in [-0.3, -0.25) is 9.78 Å². The van der Waals surface area contributed by atoms with Crippen LogP contribution < -0.4 is 5.32 Å². The van der Waals surface area contributed by atoms with E-state index in [0.29, 0.717) is 24.2 Å². The van der Waals surface area contributed by atoms with Crippen molar-refractivity contribution >= 4 is 5.91 Å². The van der Waals surface area contributed by atoms with Crippen LogP contribution in [0.25, 0.3) is 0 Å². The maximum Gasteiger partial charge on any atom is 0.253 e. The number of rotatable bonds is 5. The van der Waals surface area contributed by atoms with Gasteiger partial charge in [0.05, 0.1) is 5.56 Å². The molecule has 0 aromatic carbocycles. The number of nitrogens with one attached hydrogen (secondary N) is 2. The molecule has 2 N–H and O–H groups in total. The number of tetrazole rings is 1. The Labute approximate surface area is 110 Å². The van der Waals surface area contributed by atoms with E-state index in [2.05, 4.69) is 30.9 Å². The smallest absolute Gasteiger partial charge is 0.253 e. The Morgan fingerprint density at radius 1 is 1.42 bits per heavy atom. The molecule has 2 heterocycles. The highest BCUT2D eigenvalue weighted by molar-refractivity contribution is 5.94. The second-order valence-electron chi connectivity index (χ2n) is 4.22. The lowest BCUT2D eigenvalue weighted by Gasteiger charge is -2.29. The SMILES string of the molecule is CCC(CC)(NC(=O)c1cccnc1)c1nn[nH]n1. The number of H-pyrrole nitrogens is 1. The lowest BCUT2D eigenvalue weighted by molar-refractivity contribution is 0.0883. The maximum absolute atomic E-state index is 12.2. The highest BCUT2D eigenvalue weighted by Crippen LogP contribution is 2.25. The predicted octanol–water partition coefficient (Wildman–Crippen LogP) is 1.04. The average molecular weight is 260 g/mol. The van der Waals surface area contributed by atoms with Crippen molar-refractivity contribution in [3.05, 3.63) is 35.9 Å². The third kappa shape index (κ3) is 2.59. The molecule has 2 aromatic heterocycles. The Hall–Kier alpha value is -2.31. The molecule has 100 valence electrons. The summed E-state index contributed by atoms with van der Waals surface area (Å²) in [5, 5.41) is 17.0. The summed E-state index contributed by atoms with van der Waals surface area (Å²) in [6, 6.07) is 3.44. The molecule has 0 saturated carbocycles. The fourth-order valence-electron chi connectivity index (χ4n) is 1.95. The van der Waals surface area contributed by atoms with Crippen LogP contribution in [0, 0.1) is 0 Å². The van der Waals surface area contributed by atoms with Crippen LogP contribution in [0.1, 0.15) is 42.9 Å². The van der Waals surface area contributed by atoms with E-state index in [1.54, 1.807) is 18.3 Å². The lowest BCUT2D eigenvalue weighted by Crippen LogP contribution is -2.46. The zero-order valence-corrected chi connectivity index (χ0v) is 10.9. The normalized spacial score (nSPS) is 11.3. The highest BCUT2D eigenvalue weighted by atomic mass is 16.1. The van der Waals surface area contributed by atoms with Crippen molar-refractivity contribution in [2.24, 2.45) is 0 Å². The van der Waals surface area contributed by atoms with E-state index in [9.17, 15) is 4.79 Å². The van der Waals surface area contributed by atoms with Crippen molar-refractivity contribution in [2.75, 3.05) is 0 Å². The molecule has 7 nitrogen and oxygen atoms in total. The predicted molar refractivity (Wildman–Crippen MR) is 68.1 cm³/mol. The summed E-state index contributed by atoms with van der Waals surface area (Å²) in [4.78, 5) is 16.2. The maximum atomic E-state index is 12.2. The summed E-state index contributed by atoms with van der Waals surface area (Å²) in [5.74, 6) is 0.302. The summed E-state index contributed by atoms with van der Waals surface area (Å²) in [6.45, 7) is 3.95. The van der Waals surface area contributed by atoms with Crippen LogP contribution in [0.2, 0.25) is 0 Å². The van der Waals surface area contributed by atoms with E-state index in [0.717, 1.165) is 0 Å². The van der Waals surface area contributed by atoms with E-state index < -0.39 is 5.54 Å². The fraction of sp³-hybridized carbons (Fsp3) is 0.417. The number of nitrogens with zero attached hydrogens (tertiary/aromatic N) is 4. The molecule has 1 amide bonds. The van der Waals surface area contributed by atoms with Crippen molar-refractivity contribution in [2.45, 2.75) is 32.2 Å². The summed E-state index contributed by atoms with van der Waals surface area (Å²) >= 11 is 0. The van der Waals surface area contributed by atoms with Gasteiger partial charge >= 0.3 is 0 Å². The van der Waals surface area contributed by atoms with Gasteiger partial charge in [-0.2, -0.15) is 5.21 Å². The van der Waals surface area contributed by atoms with Gasteiger partial charge in [-0.1, -0.05) is 19.1 Å². The molecule has 7 heteroatoms. The second-order valence-corrected chi connectivity index (χ2v) is 4.22. The van der Waals surface area contributed by atoms with Gasteiger partial charge in [-0.15, -0.1) is 10.2 Å². The molecule has 0 aliphatic heterocycles. The first kappa shape index (κ1) is 13.1. The minimum Gasteiger partial charge on any atom is -0.339 e. The van der Waals surface area contributed by atoms with Gasteiger partial charge in [0.15, 0.2) is 5.82 Å². The van der Waals surface area contributed by atoms with Crippen molar-refractivity contribution in [3.63, 3.8) is 0 Å². The Morgan fingerprint density at radius 3 is 2.74 bits per heavy atom. The Morgan fingerprint density at radius 2 is 2.21 bits per heavy atom. The number of carbonyl (C=O) groups is 1. The van der Waals surface area contributed by atoms with Crippen LogP contribution in [0.15, 0.2) is 24.5 Å². The number of aromatic amines is 1. The van der Waals surface area contributed by atoms with E-state index >= 15 is 0 Å². The van der Waals surface area contributed by atoms with Crippen LogP contribution in [-0.4, -0.2) is 31.5 Å². The second kappa shape index (κ2) is 5.55. The largest absolute Gasteiger partial charge is 0.339 e. The van der Waals surface area contributed by atoms with E-state index in [4.69, 9.17) is 0 Å². The number of carbonyl (C=O) groups excluding carboxylic acids is 1. The molecular weight excluding hydrogens is 244 g/mol. The first-order valence-electron chi connectivity index (χ1n) is 6.18. The van der Waals surface area contributed by atoms with Crippen molar-refractivity contribution in [1.82, 2.24) is 30.9 Å². The van der Waals surface area contributed by atoms with Crippen molar-refractivity contribution in [3.8, 4) is 0 Å². The van der Waals surface area contributed by atoms with Gasteiger partial charge < -0.3 is 5.32 Å². The third-order valence-electron chi connectivity index (χ3n) is 3.26. The molecule has 0 unspecified atom stereocenters. The summed E-state index contributed by atoms with van der Waals surface area (Å²) in [5.41, 5.74) is -0.0998. The number of amides is 1. The first-order valence-corrected chi connectivity index (χ1v) is 6.18. The average Bonchev–Trinajstić information content (AvgIpc) is 3.00. The van der Waals surface area contributed by atoms with Crippen LogP contribution in [-0.2, 0) is 5.54 Å². The van der Waals surface area contributed by atoms with Gasteiger partial charge in [0.2, 0.25) is 0 Å². The summed E-state index contributed by atoms with van der Waals surface area (Å²) in [6.07, 6.45) is 4.51. The molecule has 0 aliphatic carbocycles. The Balaban J connectivity index is 2.25. The van der Waals surface area contributed by atoms with Gasteiger partial charge in [0, 0.05) is 12.4 Å². The van der Waals surface area contributed by atoms with Gasteiger partial charge in [-0.05, 0) is 25.0 Å². The van der Waals surface area contributed by atoms with Gasteiger partial charge in [0.1, 0.15) is 5.54 Å². The minimum atomic E-state index is -0.611. The quantitative estimate of drug-likeness (QED) is 0.837. The minimum absolute atomic E-state index is 0.193. The number of aromatic nitrogens is 5. The molecule has 2 rings (SSSR count). The number of hydrogen-bond acceptors (Lipinski definition) is 5.